The van der Waals surface area contributed by atoms with E-state index in [-0.39, 0.29) is 5.91 Å². The predicted octanol–water partition coefficient (Wildman–Crippen LogP) is 4.58. The van der Waals surface area contributed by atoms with Crippen molar-refractivity contribution in [1.29, 1.82) is 0 Å². The van der Waals surface area contributed by atoms with E-state index in [9.17, 15) is 4.79 Å². The highest BCUT2D eigenvalue weighted by molar-refractivity contribution is 9.10. The Kier molecular flexibility index (Phi) is 5.13. The van der Waals surface area contributed by atoms with Gasteiger partial charge in [-0.2, -0.15) is 5.10 Å². The smallest absolute Gasteiger partial charge is 0.244 e. The molecule has 0 radical (unpaired) electrons. The summed E-state index contributed by atoms with van der Waals surface area (Å²) in [6, 6.07) is 15.3. The Labute approximate surface area is 148 Å². The van der Waals surface area contributed by atoms with E-state index in [2.05, 4.69) is 26.5 Å². The maximum atomic E-state index is 12.1. The summed E-state index contributed by atoms with van der Waals surface area (Å²) in [6.07, 6.45) is 2.54. The fourth-order valence-electron chi connectivity index (χ4n) is 2.32. The summed E-state index contributed by atoms with van der Waals surface area (Å²) in [5, 5.41) is 5.04. The molecule has 2 aromatic carbocycles. The molecule has 0 saturated heterocycles. The van der Waals surface area contributed by atoms with E-state index >= 15 is 0 Å². The lowest BCUT2D eigenvalue weighted by Gasteiger charge is -2.07. The topological polar surface area (TPSA) is 41.5 Å². The van der Waals surface area contributed by atoms with Gasteiger partial charge in [-0.25, -0.2) is 5.43 Å². The van der Waals surface area contributed by atoms with Gasteiger partial charge in [-0.15, -0.1) is 0 Å². The van der Waals surface area contributed by atoms with Gasteiger partial charge in [-0.1, -0.05) is 51.8 Å². The van der Waals surface area contributed by atoms with Crippen LogP contribution in [-0.2, 0) is 11.2 Å². The number of nitrogens with one attached hydrogen (secondary N) is 1. The molecule has 3 rings (SSSR count). The fourth-order valence-corrected chi connectivity index (χ4v) is 2.71. The van der Waals surface area contributed by atoms with Crippen molar-refractivity contribution in [2.45, 2.75) is 19.3 Å². The molecule has 1 aliphatic rings. The maximum absolute atomic E-state index is 12.1. The molecular weight excluding hydrogens is 376 g/mol. The molecule has 3 nitrogen and oxygen atoms in total. The van der Waals surface area contributed by atoms with Crippen LogP contribution in [0.3, 0.4) is 0 Å². The molecular formula is C18H16BrClN2O. The van der Waals surface area contributed by atoms with Crippen molar-refractivity contribution in [1.82, 2.24) is 5.43 Å². The highest BCUT2D eigenvalue weighted by atomic mass is 79.9. The Hall–Kier alpha value is -1.65. The van der Waals surface area contributed by atoms with Crippen LogP contribution in [0.15, 0.2) is 58.1 Å². The second-order valence-corrected chi connectivity index (χ2v) is 6.97. The minimum atomic E-state index is -0.123. The minimum absolute atomic E-state index is 0.123. The predicted molar refractivity (Wildman–Crippen MR) is 96.7 cm³/mol. The molecule has 0 unspecified atom stereocenters. The molecule has 0 heterocycles. The molecule has 0 aromatic heterocycles. The highest BCUT2D eigenvalue weighted by Crippen LogP contribution is 2.33. The van der Waals surface area contributed by atoms with E-state index in [1.54, 1.807) is 12.1 Å². The van der Waals surface area contributed by atoms with Gasteiger partial charge in [0.05, 0.1) is 12.1 Å². The Morgan fingerprint density at radius 1 is 1.13 bits per heavy atom. The van der Waals surface area contributed by atoms with Crippen molar-refractivity contribution in [2.75, 3.05) is 0 Å². The van der Waals surface area contributed by atoms with Gasteiger partial charge in [-0.05, 0) is 48.2 Å². The molecule has 1 aliphatic carbocycles. The molecule has 1 saturated carbocycles. The van der Waals surface area contributed by atoms with Crippen LogP contribution in [0.4, 0.5) is 0 Å². The van der Waals surface area contributed by atoms with Crippen molar-refractivity contribution in [3.05, 3.63) is 69.2 Å². The van der Waals surface area contributed by atoms with E-state index < -0.39 is 0 Å². The van der Waals surface area contributed by atoms with Gasteiger partial charge < -0.3 is 0 Å². The summed E-state index contributed by atoms with van der Waals surface area (Å²) in [4.78, 5) is 12.1. The zero-order chi connectivity index (χ0) is 16.2. The molecule has 0 atom stereocenters. The lowest BCUT2D eigenvalue weighted by atomic mass is 10.1. The first-order valence-electron chi connectivity index (χ1n) is 7.48. The first-order valence-corrected chi connectivity index (χ1v) is 8.66. The minimum Gasteiger partial charge on any atom is -0.273 e. The second kappa shape index (κ2) is 7.28. The lowest BCUT2D eigenvalue weighted by molar-refractivity contribution is -0.120. The van der Waals surface area contributed by atoms with E-state index in [4.69, 9.17) is 11.6 Å². The third-order valence-electron chi connectivity index (χ3n) is 3.68. The summed E-state index contributed by atoms with van der Waals surface area (Å²) >= 11 is 9.28. The van der Waals surface area contributed by atoms with Crippen molar-refractivity contribution < 1.29 is 4.79 Å². The zero-order valence-corrected chi connectivity index (χ0v) is 14.8. The molecule has 118 valence electrons. The van der Waals surface area contributed by atoms with Gasteiger partial charge in [0, 0.05) is 15.4 Å². The van der Waals surface area contributed by atoms with E-state index in [1.807, 2.05) is 36.4 Å². The standard InChI is InChI=1S/C18H16BrClN2O/c19-15-7-5-14(6-8-15)18(13-3-4-13)22-21-17(23)11-12-1-9-16(20)10-2-12/h1-2,5-10,13H,3-4,11H2,(H,21,23). The SMILES string of the molecule is O=C(Cc1ccc(Cl)cc1)NN=C(c1ccc(Br)cc1)C1CC1. The number of hydrogen-bond donors (Lipinski definition) is 1. The molecule has 1 amide bonds. The third-order valence-corrected chi connectivity index (χ3v) is 4.46. The van der Waals surface area contributed by atoms with Gasteiger partial charge in [0.25, 0.3) is 0 Å². The Morgan fingerprint density at radius 2 is 1.78 bits per heavy atom. The van der Waals surface area contributed by atoms with Crippen molar-refractivity contribution in [3.8, 4) is 0 Å². The Morgan fingerprint density at radius 3 is 2.39 bits per heavy atom. The number of benzene rings is 2. The van der Waals surface area contributed by atoms with Crippen LogP contribution in [0.1, 0.15) is 24.0 Å². The van der Waals surface area contributed by atoms with Gasteiger partial charge in [0.2, 0.25) is 5.91 Å². The Bertz CT molecular complexity index is 722. The van der Waals surface area contributed by atoms with Gasteiger partial charge in [0.15, 0.2) is 0 Å². The highest BCUT2D eigenvalue weighted by Gasteiger charge is 2.28. The number of amides is 1. The van der Waals surface area contributed by atoms with Crippen LogP contribution in [0, 0.1) is 5.92 Å². The fraction of sp³-hybridized carbons (Fsp3) is 0.222. The summed E-state index contributed by atoms with van der Waals surface area (Å²) in [5.41, 5.74) is 5.62. The van der Waals surface area contributed by atoms with Crippen LogP contribution >= 0.6 is 27.5 Å². The monoisotopic (exact) mass is 390 g/mol. The summed E-state index contributed by atoms with van der Waals surface area (Å²) < 4.78 is 1.03. The number of carbonyl (C=O) groups is 1. The number of hydrogen-bond acceptors (Lipinski definition) is 2. The van der Waals surface area contributed by atoms with Gasteiger partial charge in [0.1, 0.15) is 0 Å². The van der Waals surface area contributed by atoms with Crippen LogP contribution < -0.4 is 5.43 Å². The maximum Gasteiger partial charge on any atom is 0.244 e. The van der Waals surface area contributed by atoms with Gasteiger partial charge in [-0.3, -0.25) is 4.79 Å². The number of halogens is 2. The number of carbonyl (C=O) groups excluding carboxylic acids is 1. The summed E-state index contributed by atoms with van der Waals surface area (Å²) in [6.45, 7) is 0. The van der Waals surface area contributed by atoms with Crippen LogP contribution in [0.2, 0.25) is 5.02 Å². The number of hydrazone groups is 1. The van der Waals surface area contributed by atoms with Gasteiger partial charge >= 0.3 is 0 Å². The first kappa shape index (κ1) is 16.2. The molecule has 23 heavy (non-hydrogen) atoms. The largest absolute Gasteiger partial charge is 0.273 e. The number of nitrogens with zero attached hydrogens (tertiary/aromatic N) is 1. The molecule has 0 spiro atoms. The lowest BCUT2D eigenvalue weighted by Crippen LogP contribution is -2.22. The van der Waals surface area contributed by atoms with E-state index in [0.29, 0.717) is 17.4 Å². The second-order valence-electron chi connectivity index (χ2n) is 5.62. The summed E-state index contributed by atoms with van der Waals surface area (Å²) in [7, 11) is 0. The van der Waals surface area contributed by atoms with E-state index in [1.165, 1.54) is 0 Å². The van der Waals surface area contributed by atoms with Crippen LogP contribution in [0.25, 0.3) is 0 Å². The van der Waals surface area contributed by atoms with Crippen molar-refractivity contribution in [2.24, 2.45) is 11.0 Å². The van der Waals surface area contributed by atoms with Crippen LogP contribution in [0.5, 0.6) is 0 Å². The summed E-state index contributed by atoms with van der Waals surface area (Å²) in [5.74, 6) is 0.328. The molecule has 5 heteroatoms. The average Bonchev–Trinajstić information content (AvgIpc) is 3.36. The molecule has 2 aromatic rings. The molecule has 1 N–H and O–H groups in total. The van der Waals surface area contributed by atoms with Crippen molar-refractivity contribution >= 4 is 39.1 Å². The zero-order valence-electron chi connectivity index (χ0n) is 12.4. The number of rotatable bonds is 5. The average molecular weight is 392 g/mol. The normalized spacial score (nSPS) is 14.6. The molecule has 0 aliphatic heterocycles. The van der Waals surface area contributed by atoms with Crippen LogP contribution in [-0.4, -0.2) is 11.6 Å². The third kappa shape index (κ3) is 4.66. The molecule has 1 fully saturated rings. The Balaban J connectivity index is 1.67. The molecule has 0 bridgehead atoms. The first-order chi connectivity index (χ1) is 11.1. The van der Waals surface area contributed by atoms with Crippen molar-refractivity contribution in [3.63, 3.8) is 0 Å². The quantitative estimate of drug-likeness (QED) is 0.588. The van der Waals surface area contributed by atoms with E-state index in [0.717, 1.165) is 34.2 Å².